The van der Waals surface area contributed by atoms with Crippen molar-refractivity contribution >= 4 is 141 Å². The van der Waals surface area contributed by atoms with Crippen LogP contribution in [0, 0.1) is 22.7 Å². The maximum Gasteiger partial charge on any atom is 0.407 e. The fraction of sp³-hybridized carbons (Fsp3) is 0.341. The number of aldehydes is 1. The number of esters is 2. The van der Waals surface area contributed by atoms with Crippen LogP contribution in [0.1, 0.15) is 91.0 Å². The van der Waals surface area contributed by atoms with E-state index in [0.29, 0.717) is 79.9 Å². The molecule has 33 heteroatoms. The average molecular weight is 1680 g/mol. The van der Waals surface area contributed by atoms with Crippen molar-refractivity contribution in [2.75, 3.05) is 133 Å². The fourth-order valence-corrected chi connectivity index (χ4v) is 16.6. The van der Waals surface area contributed by atoms with E-state index in [2.05, 4.69) is 84.1 Å². The normalized spacial score (nSPS) is 13.8. The van der Waals surface area contributed by atoms with E-state index in [0.717, 1.165) is 133 Å². The third-order valence-electron chi connectivity index (χ3n) is 17.8. The molecule has 0 saturated heterocycles. The molecular weight excluding hydrogens is 1580 g/mol. The number of alkyl carbamates (subject to hydrolysis) is 1. The summed E-state index contributed by atoms with van der Waals surface area (Å²) in [7, 11) is 0. The lowest BCUT2D eigenvalue weighted by molar-refractivity contribution is -0.150. The Labute approximate surface area is 702 Å². The highest BCUT2D eigenvalue weighted by Crippen LogP contribution is 2.40. The number of fused-ring (bicyclic) bond motifs is 6. The zero-order chi connectivity index (χ0) is 84.1. The van der Waals surface area contributed by atoms with Crippen molar-refractivity contribution < 1.29 is 58.2 Å². The topological polar surface area (TPSA) is 418 Å². The molecule has 0 fully saturated rings. The number of hydrogen-bond acceptors (Lipinski definition) is 31. The van der Waals surface area contributed by atoms with E-state index in [4.69, 9.17) is 56.2 Å². The van der Waals surface area contributed by atoms with Gasteiger partial charge in [-0.3, -0.25) is 9.79 Å². The number of aliphatic imine (C=N–C) groups is 1. The van der Waals surface area contributed by atoms with Gasteiger partial charge in [-0.25, -0.2) is 24.4 Å². The number of carbonyl (C=O) groups excluding carboxylic acids is 4. The van der Waals surface area contributed by atoms with E-state index >= 15 is 0 Å². The van der Waals surface area contributed by atoms with Crippen LogP contribution in [0.25, 0.3) is 23.3 Å². The molecule has 0 spiro atoms. The van der Waals surface area contributed by atoms with Gasteiger partial charge in [-0.2, -0.15) is 25.5 Å². The summed E-state index contributed by atoms with van der Waals surface area (Å²) in [5.74, 6) is 3.72. The SMILES string of the molecule is CC(C)(C)OC(=O)/C(C#N)=C/c1ccc2c(c1)SCCN2CCO.CC(C)(C)OC(=O)/C(C#N)=C/c1ccc2c(c1)SCCN2CCOC(=O)NCc1ccc(COc2nc(N)nc3c2N=CC3)cc1.NCc1ccc(COc2nc(N)nc3nc[nH]c23)cc1.O=Cc1ccc2c(c1)SCCN2CCO.OCCN1CCSc2ccccc21. The highest BCUT2D eigenvalue weighted by Gasteiger charge is 2.26. The fourth-order valence-electron chi connectivity index (χ4n) is 12.2. The van der Waals surface area contributed by atoms with Crippen LogP contribution in [0.5, 0.6) is 11.8 Å². The summed E-state index contributed by atoms with van der Waals surface area (Å²) in [5.41, 5.74) is 28.7. The first-order valence-electron chi connectivity index (χ1n) is 38.1. The Balaban J connectivity index is 0.000000170. The highest BCUT2D eigenvalue weighted by molar-refractivity contribution is 8.00. The van der Waals surface area contributed by atoms with Gasteiger partial charge in [-0.05, 0) is 142 Å². The largest absolute Gasteiger partial charge is 0.471 e. The maximum atomic E-state index is 12.4. The minimum absolute atomic E-state index is 0.0158. The molecule has 0 unspecified atom stereocenters. The molecule has 5 aliphatic rings. The molecule has 0 saturated carbocycles. The van der Waals surface area contributed by atoms with Crippen LogP contribution >= 0.6 is 47.0 Å². The number of aromatic amines is 1. The minimum Gasteiger partial charge on any atom is -0.471 e. The van der Waals surface area contributed by atoms with Gasteiger partial charge in [0.05, 0.1) is 61.1 Å². The molecule has 5 aliphatic heterocycles. The number of aliphatic hydroxyl groups excluding tert-OH is 3. The molecule has 0 atom stereocenters. The quantitative estimate of drug-likeness (QED) is 0.00969. The monoisotopic (exact) mass is 1680 g/mol. The Morgan fingerprint density at radius 2 is 1.02 bits per heavy atom. The summed E-state index contributed by atoms with van der Waals surface area (Å²) in [4.78, 5) is 88.4. The summed E-state index contributed by atoms with van der Waals surface area (Å²) in [6, 6.07) is 45.0. The third-order valence-corrected chi connectivity index (χ3v) is 21.9. The second kappa shape index (κ2) is 43.7. The number of carbonyl (C=O) groups is 4. The van der Waals surface area contributed by atoms with Crippen LogP contribution in [0.2, 0.25) is 0 Å². The zero-order valence-electron chi connectivity index (χ0n) is 66.6. The Morgan fingerprint density at radius 1 is 0.568 bits per heavy atom. The van der Waals surface area contributed by atoms with Gasteiger partial charge in [0, 0.05) is 120 Å². The van der Waals surface area contributed by atoms with Gasteiger partial charge < -0.3 is 86.1 Å². The Hall–Kier alpha value is -11.4. The first-order chi connectivity index (χ1) is 56.9. The van der Waals surface area contributed by atoms with E-state index in [1.807, 2.05) is 127 Å². The molecule has 0 bridgehead atoms. The first-order valence-corrected chi connectivity index (χ1v) is 42.1. The molecule has 8 heterocycles. The first kappa shape index (κ1) is 89.0. The van der Waals surface area contributed by atoms with Crippen LogP contribution < -0.4 is 51.6 Å². The van der Waals surface area contributed by atoms with Crippen LogP contribution in [0.4, 0.5) is 45.1 Å². The molecule has 0 aliphatic carbocycles. The number of H-pyrrole nitrogens is 1. The second-order valence-corrected chi connectivity index (χ2v) is 33.3. The summed E-state index contributed by atoms with van der Waals surface area (Å²) in [5, 5.41) is 48.5. The number of benzene rings is 6. The Kier molecular flexibility index (Phi) is 32.9. The van der Waals surface area contributed by atoms with Gasteiger partial charge in [0.2, 0.25) is 23.7 Å². The third kappa shape index (κ3) is 26.3. The second-order valence-electron chi connectivity index (χ2n) is 28.7. The molecule has 9 aromatic rings. The summed E-state index contributed by atoms with van der Waals surface area (Å²) in [6.07, 6.45) is 7.36. The standard InChI is InChI=1S/C33H35N7O5S.C18H22N2O3S.C13H14N6O.C11H13NO2S.C10H13NOS/c1-33(2,3)45-30(41)24(18-34)16-23-8-9-26-27(17-23)46-15-13-40(26)12-14-43-32(42)37-19-21-4-6-22(7-5-21)20-44-29-28-25(10-11-36-28)38-31(35)39-29;1-18(2,3)23-17(22)14(12-19)10-13-4-5-15-16(11-13)24-9-7-20(15)6-8-21;14-5-8-1-3-9(4-2-8)6-20-12-10-11(17-7-16-10)18-13(15)19-12;13-5-3-12-4-6-15-11-7-9(8-14)1-2-10(11)12;12-7-5-11-6-8-13-10-4-2-1-3-9(10)11/h4-9,11,16-17H,10,12-15,19-20H2,1-3H3,(H,37,42)(H2,35,38,39);4-5,10-11,21H,6-9H2,1-3H3;1-4,7H,5-6,14H2,(H3,15,16,17,18,19);1-2,7-8,13H,3-6H2;1-4,12H,5-8H2/b24-16+;14-10+;;;. The highest BCUT2D eigenvalue weighted by atomic mass is 32.2. The number of nitrogens with one attached hydrogen (secondary N) is 2. The lowest BCUT2D eigenvalue weighted by Crippen LogP contribution is -2.34. The molecule has 11 N–H and O–H groups in total. The number of nitriles is 2. The smallest absolute Gasteiger partial charge is 0.407 e. The number of imidazole rings is 1. The molecule has 618 valence electrons. The number of para-hydroxylation sites is 1. The molecule has 3 aromatic heterocycles. The number of β-amino-alcohol motifs (C(OH)–C–C–N with tert-alkyl or cyclic N) is 3. The van der Waals surface area contributed by atoms with Crippen molar-refractivity contribution in [3.8, 4) is 23.9 Å². The Bertz CT molecular complexity index is 5120. The van der Waals surface area contributed by atoms with Gasteiger partial charge in [0.15, 0.2) is 5.65 Å². The molecular formula is C85H97N17O12S4. The number of rotatable bonds is 23. The summed E-state index contributed by atoms with van der Waals surface area (Å²) < 4.78 is 27.6. The summed E-state index contributed by atoms with van der Waals surface area (Å²) >= 11 is 7.09. The predicted molar refractivity (Wildman–Crippen MR) is 465 cm³/mol. The molecule has 6 aromatic carbocycles. The number of aliphatic hydroxyl groups is 3. The number of nitrogens with two attached hydrogens (primary N) is 3. The van der Waals surface area contributed by atoms with E-state index < -0.39 is 29.2 Å². The Morgan fingerprint density at radius 3 is 1.52 bits per heavy atom. The molecule has 14 rings (SSSR count). The van der Waals surface area contributed by atoms with Crippen LogP contribution in [0.3, 0.4) is 0 Å². The molecule has 118 heavy (non-hydrogen) atoms. The maximum absolute atomic E-state index is 12.4. The van der Waals surface area contributed by atoms with Gasteiger partial charge >= 0.3 is 18.0 Å². The van der Waals surface area contributed by atoms with Crippen molar-refractivity contribution in [1.29, 1.82) is 10.5 Å². The van der Waals surface area contributed by atoms with Gasteiger partial charge in [0.25, 0.3) is 0 Å². The number of hydrogen-bond donors (Lipinski definition) is 8. The molecule has 1 amide bonds. The number of thioether (sulfide) groups is 4. The number of anilines is 6. The number of nitrogen functional groups attached to an aromatic ring is 2. The van der Waals surface area contributed by atoms with Crippen molar-refractivity contribution in [3.63, 3.8) is 0 Å². The van der Waals surface area contributed by atoms with E-state index in [1.165, 1.54) is 16.9 Å². The van der Waals surface area contributed by atoms with E-state index in [1.54, 1.807) is 95.2 Å². The van der Waals surface area contributed by atoms with Gasteiger partial charge in [0.1, 0.15) is 71.8 Å². The van der Waals surface area contributed by atoms with E-state index in [-0.39, 0.29) is 56.1 Å². The van der Waals surface area contributed by atoms with Crippen molar-refractivity contribution in [1.82, 2.24) is 35.2 Å². The van der Waals surface area contributed by atoms with E-state index in [9.17, 15) is 29.7 Å². The number of ether oxygens (including phenoxy) is 5. The van der Waals surface area contributed by atoms with Crippen molar-refractivity contribution in [2.45, 2.75) is 105 Å². The lowest BCUT2D eigenvalue weighted by atomic mass is 10.1. The molecule has 0 radical (unpaired) electrons. The van der Waals surface area contributed by atoms with Gasteiger partial charge in [-0.1, -0.05) is 72.8 Å². The van der Waals surface area contributed by atoms with Crippen LogP contribution in [-0.4, -0.2) is 189 Å². The number of nitrogens with zero attached hydrogens (tertiary/aromatic N) is 12. The van der Waals surface area contributed by atoms with Crippen molar-refractivity contribution in [3.05, 3.63) is 190 Å². The summed E-state index contributed by atoms with van der Waals surface area (Å²) in [6.45, 7) is 19.1. The number of aromatic nitrogens is 6. The average Bonchev–Trinajstić information content (AvgIpc) is 1.23. The van der Waals surface area contributed by atoms with Crippen LogP contribution in [-0.2, 0) is 56.5 Å². The van der Waals surface area contributed by atoms with Crippen LogP contribution in [0.15, 0.2) is 169 Å². The minimum atomic E-state index is -0.688. The van der Waals surface area contributed by atoms with Gasteiger partial charge in [-0.15, -0.1) is 47.0 Å². The zero-order valence-corrected chi connectivity index (χ0v) is 69.9. The van der Waals surface area contributed by atoms with Crippen molar-refractivity contribution in [2.24, 2.45) is 10.7 Å². The molecule has 29 nitrogen and oxygen atoms in total. The predicted octanol–water partition coefficient (Wildman–Crippen LogP) is 11.8. The lowest BCUT2D eigenvalue weighted by Gasteiger charge is -2.30. The number of amides is 1.